The molecule has 3 fully saturated rings. The number of hydrogen-bond donors (Lipinski definition) is 1. The van der Waals surface area contributed by atoms with Gasteiger partial charge in [-0.05, 0) is 51.4 Å². The summed E-state index contributed by atoms with van der Waals surface area (Å²) in [5.74, 6) is 0.927. The molecule has 1 N–H and O–H groups in total. The zero-order valence-electron chi connectivity index (χ0n) is 12.6. The average molecular weight is 265 g/mol. The molecule has 2 heteroatoms. The van der Waals surface area contributed by atoms with Gasteiger partial charge in [-0.15, -0.1) is 0 Å². The maximum absolute atomic E-state index is 6.14. The first-order valence-corrected chi connectivity index (χ1v) is 8.67. The molecular formula is C17H31NO. The van der Waals surface area contributed by atoms with Crippen molar-refractivity contribution in [2.75, 3.05) is 6.61 Å². The zero-order chi connectivity index (χ0) is 13.1. The van der Waals surface area contributed by atoms with Crippen LogP contribution in [-0.4, -0.2) is 24.3 Å². The Morgan fingerprint density at radius 3 is 2.47 bits per heavy atom. The fourth-order valence-corrected chi connectivity index (χ4v) is 4.68. The summed E-state index contributed by atoms with van der Waals surface area (Å²) in [4.78, 5) is 0. The summed E-state index contributed by atoms with van der Waals surface area (Å²) in [5, 5.41) is 3.96. The highest BCUT2D eigenvalue weighted by molar-refractivity contribution is 4.94. The van der Waals surface area contributed by atoms with Gasteiger partial charge in [0.1, 0.15) is 0 Å². The van der Waals surface area contributed by atoms with Crippen molar-refractivity contribution in [1.82, 2.24) is 5.32 Å². The average Bonchev–Trinajstić information content (AvgIpc) is 2.88. The van der Waals surface area contributed by atoms with E-state index in [1.807, 2.05) is 0 Å². The van der Waals surface area contributed by atoms with Crippen LogP contribution in [0.1, 0.15) is 77.6 Å². The first-order valence-electron chi connectivity index (χ1n) is 8.67. The van der Waals surface area contributed by atoms with Gasteiger partial charge in [-0.1, -0.05) is 32.1 Å². The predicted octanol–water partition coefficient (Wildman–Crippen LogP) is 4.04. The van der Waals surface area contributed by atoms with Crippen molar-refractivity contribution in [3.8, 4) is 0 Å². The topological polar surface area (TPSA) is 21.3 Å². The highest BCUT2D eigenvalue weighted by Crippen LogP contribution is 2.40. The highest BCUT2D eigenvalue weighted by Gasteiger charge is 2.40. The summed E-state index contributed by atoms with van der Waals surface area (Å²) in [6.45, 7) is 3.40. The first-order chi connectivity index (χ1) is 9.27. The molecule has 2 atom stereocenters. The molecule has 0 radical (unpaired) electrons. The van der Waals surface area contributed by atoms with Crippen molar-refractivity contribution in [3.05, 3.63) is 0 Å². The third kappa shape index (κ3) is 3.33. The molecule has 19 heavy (non-hydrogen) atoms. The molecule has 110 valence electrons. The highest BCUT2D eigenvalue weighted by atomic mass is 16.5. The van der Waals surface area contributed by atoms with Crippen molar-refractivity contribution >= 4 is 0 Å². The molecule has 2 aliphatic carbocycles. The van der Waals surface area contributed by atoms with Gasteiger partial charge >= 0.3 is 0 Å². The second-order valence-electron chi connectivity index (χ2n) is 7.28. The summed E-state index contributed by atoms with van der Waals surface area (Å²) in [6, 6.07) is 1.42. The zero-order valence-corrected chi connectivity index (χ0v) is 12.6. The largest absolute Gasteiger partial charge is 0.375 e. The Balaban J connectivity index is 1.51. The number of ether oxygens (including phenoxy) is 1. The molecule has 1 saturated heterocycles. The lowest BCUT2D eigenvalue weighted by Gasteiger charge is -2.41. The summed E-state index contributed by atoms with van der Waals surface area (Å²) in [6.07, 6.45) is 15.1. The van der Waals surface area contributed by atoms with Gasteiger partial charge in [0.15, 0.2) is 0 Å². The molecule has 3 aliphatic rings. The van der Waals surface area contributed by atoms with Crippen LogP contribution in [0.4, 0.5) is 0 Å². The lowest BCUT2D eigenvalue weighted by atomic mass is 9.83. The van der Waals surface area contributed by atoms with E-state index in [0.29, 0.717) is 12.1 Å². The molecule has 0 aromatic heterocycles. The summed E-state index contributed by atoms with van der Waals surface area (Å²) >= 11 is 0. The van der Waals surface area contributed by atoms with Crippen LogP contribution >= 0.6 is 0 Å². The monoisotopic (exact) mass is 265 g/mol. The molecule has 1 heterocycles. The molecule has 0 aromatic carbocycles. The minimum atomic E-state index is 0.266. The minimum absolute atomic E-state index is 0.266. The van der Waals surface area contributed by atoms with E-state index in [-0.39, 0.29) is 5.60 Å². The molecule has 1 unspecified atom stereocenters. The Morgan fingerprint density at radius 1 is 1.00 bits per heavy atom. The second kappa shape index (κ2) is 6.13. The van der Waals surface area contributed by atoms with E-state index in [1.54, 1.807) is 0 Å². The van der Waals surface area contributed by atoms with Crippen molar-refractivity contribution in [2.45, 2.75) is 95.2 Å². The SMILES string of the molecule is C[C@@H](NC1CCOC2(CCCC2)C1)C1CCCCC1. The van der Waals surface area contributed by atoms with E-state index in [2.05, 4.69) is 12.2 Å². The van der Waals surface area contributed by atoms with Gasteiger partial charge in [0.25, 0.3) is 0 Å². The maximum atomic E-state index is 6.14. The predicted molar refractivity (Wildman–Crippen MR) is 79.3 cm³/mol. The molecule has 2 nitrogen and oxygen atoms in total. The second-order valence-corrected chi connectivity index (χ2v) is 7.28. The number of nitrogens with one attached hydrogen (secondary N) is 1. The van der Waals surface area contributed by atoms with Gasteiger partial charge in [-0.2, -0.15) is 0 Å². The van der Waals surface area contributed by atoms with Crippen LogP contribution in [0.25, 0.3) is 0 Å². The quantitative estimate of drug-likeness (QED) is 0.831. The molecule has 1 aliphatic heterocycles. The van der Waals surface area contributed by atoms with Crippen LogP contribution in [0.3, 0.4) is 0 Å². The summed E-state index contributed by atoms with van der Waals surface area (Å²) in [7, 11) is 0. The smallest absolute Gasteiger partial charge is 0.0697 e. The van der Waals surface area contributed by atoms with Gasteiger partial charge < -0.3 is 10.1 Å². The first kappa shape index (κ1) is 13.9. The van der Waals surface area contributed by atoms with Crippen LogP contribution < -0.4 is 5.32 Å². The summed E-state index contributed by atoms with van der Waals surface area (Å²) < 4.78 is 6.14. The Kier molecular flexibility index (Phi) is 4.48. The lowest BCUT2D eigenvalue weighted by molar-refractivity contribution is -0.0853. The molecule has 1 spiro atoms. The molecule has 0 amide bonds. The van der Waals surface area contributed by atoms with Crippen LogP contribution in [0, 0.1) is 5.92 Å². The van der Waals surface area contributed by atoms with E-state index >= 15 is 0 Å². The Bertz CT molecular complexity index is 279. The molecule has 0 aromatic rings. The number of hydrogen-bond acceptors (Lipinski definition) is 2. The minimum Gasteiger partial charge on any atom is -0.375 e. The maximum Gasteiger partial charge on any atom is 0.0697 e. The third-order valence-electron chi connectivity index (χ3n) is 5.86. The van der Waals surface area contributed by atoms with Gasteiger partial charge in [0.05, 0.1) is 5.60 Å². The van der Waals surface area contributed by atoms with E-state index in [9.17, 15) is 0 Å². The van der Waals surface area contributed by atoms with Gasteiger partial charge in [0, 0.05) is 18.7 Å². The van der Waals surface area contributed by atoms with Crippen molar-refractivity contribution < 1.29 is 4.74 Å². The lowest BCUT2D eigenvalue weighted by Crippen LogP contribution is -2.49. The molecular weight excluding hydrogens is 234 g/mol. The fourth-order valence-electron chi connectivity index (χ4n) is 4.68. The van der Waals surface area contributed by atoms with Gasteiger partial charge in [-0.3, -0.25) is 0 Å². The fraction of sp³-hybridized carbons (Fsp3) is 1.00. The van der Waals surface area contributed by atoms with E-state index < -0.39 is 0 Å². The van der Waals surface area contributed by atoms with Crippen LogP contribution in [0.5, 0.6) is 0 Å². The van der Waals surface area contributed by atoms with Crippen LogP contribution in [0.15, 0.2) is 0 Å². The Labute approximate surface area is 118 Å². The summed E-state index contributed by atoms with van der Waals surface area (Å²) in [5.41, 5.74) is 0.266. The molecule has 0 bridgehead atoms. The van der Waals surface area contributed by atoms with Crippen molar-refractivity contribution in [2.24, 2.45) is 5.92 Å². The normalized spacial score (nSPS) is 33.6. The van der Waals surface area contributed by atoms with E-state index in [1.165, 1.54) is 70.6 Å². The van der Waals surface area contributed by atoms with E-state index in [4.69, 9.17) is 4.74 Å². The standard InChI is InChI=1S/C17H31NO/c1-14(15-7-3-2-4-8-15)18-16-9-12-19-17(13-16)10-5-6-11-17/h14-16,18H,2-13H2,1H3/t14-,16?/m1/s1. The number of rotatable bonds is 3. The Morgan fingerprint density at radius 2 is 1.74 bits per heavy atom. The van der Waals surface area contributed by atoms with Crippen molar-refractivity contribution in [3.63, 3.8) is 0 Å². The van der Waals surface area contributed by atoms with Crippen LogP contribution in [-0.2, 0) is 4.74 Å². The molecule has 2 saturated carbocycles. The Hall–Kier alpha value is -0.0800. The van der Waals surface area contributed by atoms with Gasteiger partial charge in [0.2, 0.25) is 0 Å². The van der Waals surface area contributed by atoms with Crippen LogP contribution in [0.2, 0.25) is 0 Å². The molecule has 3 rings (SSSR count). The van der Waals surface area contributed by atoms with Crippen molar-refractivity contribution in [1.29, 1.82) is 0 Å². The van der Waals surface area contributed by atoms with Gasteiger partial charge in [-0.25, -0.2) is 0 Å². The third-order valence-corrected chi connectivity index (χ3v) is 5.86. The van der Waals surface area contributed by atoms with E-state index in [0.717, 1.165) is 12.5 Å².